The lowest BCUT2D eigenvalue weighted by atomic mass is 9.72. The van der Waals surface area contributed by atoms with Gasteiger partial charge in [-0.2, -0.15) is 12.7 Å². The Hall–Kier alpha value is -6.35. The first-order valence-corrected chi connectivity index (χ1v) is 25.2. The topological polar surface area (TPSA) is 187 Å². The SMILES string of the molecule is O=C1CCC(N2Cc3cc(OC4CC5(COCCN5CC5CCN(c6ccc(-c7cnc8[nH]cc(C(=O)c9c(F)ccc(NS(=O)(=O)N%10CC[C@@H](F)C%10)c9F)c8c7)cc6)CC5)C4)ccc3C2=O)C(=O)N1. The Morgan fingerprint density at radius 2 is 1.74 bits per heavy atom. The molecule has 1 spiro atoms. The number of benzene rings is 3. The molecule has 11 rings (SSSR count). The van der Waals surface area contributed by atoms with Crippen LogP contribution in [0.3, 0.4) is 0 Å². The molecule has 2 atom stereocenters. The van der Waals surface area contributed by atoms with Crippen molar-refractivity contribution in [3.8, 4) is 16.9 Å². The minimum absolute atomic E-state index is 0.000484. The van der Waals surface area contributed by atoms with Crippen LogP contribution in [0.1, 0.15) is 76.8 Å². The number of morpholine rings is 1. The Morgan fingerprint density at radius 3 is 2.50 bits per heavy atom. The van der Waals surface area contributed by atoms with Crippen LogP contribution < -0.4 is 19.7 Å². The summed E-state index contributed by atoms with van der Waals surface area (Å²) < 4.78 is 85.8. The zero-order chi connectivity index (χ0) is 48.5. The van der Waals surface area contributed by atoms with Gasteiger partial charge in [-0.25, -0.2) is 18.2 Å². The molecule has 366 valence electrons. The van der Waals surface area contributed by atoms with Crippen molar-refractivity contribution in [2.75, 3.05) is 62.1 Å². The van der Waals surface area contributed by atoms with E-state index in [1.807, 2.05) is 29.0 Å². The molecule has 0 bridgehead atoms. The van der Waals surface area contributed by atoms with E-state index in [1.165, 1.54) is 6.20 Å². The molecule has 3 aromatic carbocycles. The van der Waals surface area contributed by atoms with Crippen LogP contribution in [0.4, 0.5) is 24.5 Å². The monoisotopic (exact) mass is 980 g/mol. The number of carbonyl (C=O) groups excluding carboxylic acids is 4. The minimum Gasteiger partial charge on any atom is -0.490 e. The maximum absolute atomic E-state index is 15.8. The van der Waals surface area contributed by atoms with Gasteiger partial charge in [0.25, 0.3) is 5.91 Å². The molecule has 70 heavy (non-hydrogen) atoms. The van der Waals surface area contributed by atoms with Crippen molar-refractivity contribution in [1.82, 2.24) is 29.4 Å². The van der Waals surface area contributed by atoms with Gasteiger partial charge in [0.15, 0.2) is 5.82 Å². The van der Waals surface area contributed by atoms with E-state index in [4.69, 9.17) is 9.47 Å². The summed E-state index contributed by atoms with van der Waals surface area (Å²) in [6, 6.07) is 16.3. The fourth-order valence-electron chi connectivity index (χ4n) is 11.1. The third kappa shape index (κ3) is 8.57. The highest BCUT2D eigenvalue weighted by Gasteiger charge is 2.52. The first-order valence-electron chi connectivity index (χ1n) is 23.8. The van der Waals surface area contributed by atoms with Crippen molar-refractivity contribution in [3.05, 3.63) is 107 Å². The summed E-state index contributed by atoms with van der Waals surface area (Å²) in [6.07, 6.45) is 5.86. The lowest BCUT2D eigenvalue weighted by molar-refractivity contribution is -0.148. The molecular weight excluding hydrogens is 930 g/mol. The number of amides is 3. The number of alkyl halides is 1. The molecule has 4 saturated heterocycles. The van der Waals surface area contributed by atoms with Gasteiger partial charge < -0.3 is 24.3 Å². The van der Waals surface area contributed by atoms with E-state index >= 15 is 8.78 Å². The molecule has 7 heterocycles. The van der Waals surface area contributed by atoms with Gasteiger partial charge in [-0.3, -0.25) is 34.1 Å². The number of anilines is 2. The quantitative estimate of drug-likeness (QED) is 0.102. The van der Waals surface area contributed by atoms with Crippen LogP contribution in [-0.2, 0) is 31.1 Å². The smallest absolute Gasteiger partial charge is 0.301 e. The van der Waals surface area contributed by atoms with Crippen molar-refractivity contribution in [2.24, 2.45) is 5.92 Å². The second kappa shape index (κ2) is 18.1. The number of imide groups is 1. The molecule has 5 aliphatic heterocycles. The van der Waals surface area contributed by atoms with Crippen molar-refractivity contribution >= 4 is 56.1 Å². The van der Waals surface area contributed by atoms with Crippen LogP contribution in [0.5, 0.6) is 5.75 Å². The number of piperidine rings is 2. The Bertz CT molecular complexity index is 3030. The van der Waals surface area contributed by atoms with Crippen molar-refractivity contribution < 1.29 is 50.2 Å². The highest BCUT2D eigenvalue weighted by Crippen LogP contribution is 2.44. The summed E-state index contributed by atoms with van der Waals surface area (Å²) in [5.74, 6) is -3.31. The number of rotatable bonds is 12. The molecule has 1 aliphatic carbocycles. The number of hydrogen-bond acceptors (Lipinski definition) is 11. The zero-order valence-corrected chi connectivity index (χ0v) is 38.9. The van der Waals surface area contributed by atoms with Gasteiger partial charge in [-0.05, 0) is 91.3 Å². The zero-order valence-electron chi connectivity index (χ0n) is 38.1. The van der Waals surface area contributed by atoms with E-state index in [0.29, 0.717) is 60.0 Å². The Morgan fingerprint density at radius 1 is 0.943 bits per heavy atom. The van der Waals surface area contributed by atoms with E-state index in [9.17, 15) is 32.0 Å². The lowest BCUT2D eigenvalue weighted by Crippen LogP contribution is -2.67. The van der Waals surface area contributed by atoms with Gasteiger partial charge >= 0.3 is 10.2 Å². The normalized spacial score (nSPS) is 24.6. The van der Waals surface area contributed by atoms with Gasteiger partial charge in [-0.1, -0.05) is 12.1 Å². The molecule has 1 saturated carbocycles. The number of hydrogen-bond donors (Lipinski definition) is 3. The number of halogens is 3. The highest BCUT2D eigenvalue weighted by atomic mass is 32.2. The fourth-order valence-corrected chi connectivity index (χ4v) is 12.4. The molecule has 0 radical (unpaired) electrons. The number of ketones is 1. The standard InChI is InChI=1S/C50H51F3N8O8S/c51-33-13-16-60(27-33)70(66,67)57-41-8-7-40(52)44(45(41)53)46(63)39-24-55-47-38(39)20-31(23-54-47)30-1-3-34(4-2-30)58-14-11-29(12-15-58)25-59-17-18-68-28-50(59)21-36(22-50)69-35-5-6-37-32(19-35)26-61(49(37)65)42-9-10-43(62)56-48(42)64/h1-8,19-20,23-24,29,33,36,42,57H,9-18,21-22,25-28H2,(H,54,55)(H,56,62,64)/t33-,36?,42?,50?/m1/s1. The Balaban J connectivity index is 0.694. The van der Waals surface area contributed by atoms with Crippen molar-refractivity contribution in [1.29, 1.82) is 0 Å². The Kier molecular flexibility index (Phi) is 11.9. The molecule has 5 aromatic rings. The number of ether oxygens (including phenoxy) is 2. The van der Waals surface area contributed by atoms with E-state index in [-0.39, 0.29) is 48.4 Å². The Labute approximate surface area is 401 Å². The molecule has 3 amide bonds. The molecule has 5 fully saturated rings. The molecule has 16 nitrogen and oxygen atoms in total. The number of pyridine rings is 1. The number of aromatic nitrogens is 2. The summed E-state index contributed by atoms with van der Waals surface area (Å²) in [4.78, 5) is 65.0. The third-order valence-electron chi connectivity index (χ3n) is 15.0. The average molecular weight is 981 g/mol. The number of nitrogens with one attached hydrogen (secondary N) is 3. The first-order chi connectivity index (χ1) is 33.7. The third-order valence-corrected chi connectivity index (χ3v) is 16.5. The molecule has 2 aromatic heterocycles. The van der Waals surface area contributed by atoms with Gasteiger partial charge in [0.05, 0.1) is 30.0 Å². The maximum Gasteiger partial charge on any atom is 0.301 e. The summed E-state index contributed by atoms with van der Waals surface area (Å²) >= 11 is 0. The summed E-state index contributed by atoms with van der Waals surface area (Å²) in [6.45, 7) is 4.77. The maximum atomic E-state index is 15.8. The number of carbonyl (C=O) groups is 4. The molecule has 3 N–H and O–H groups in total. The molecule has 20 heteroatoms. The second-order valence-electron chi connectivity index (χ2n) is 19.4. The van der Waals surface area contributed by atoms with Crippen LogP contribution >= 0.6 is 0 Å². The summed E-state index contributed by atoms with van der Waals surface area (Å²) in [7, 11) is -4.36. The highest BCUT2D eigenvalue weighted by molar-refractivity contribution is 7.90. The van der Waals surface area contributed by atoms with Gasteiger partial charge in [0, 0.05) is 105 Å². The van der Waals surface area contributed by atoms with Crippen LogP contribution in [0, 0.1) is 17.6 Å². The van der Waals surface area contributed by atoms with Gasteiger partial charge in [-0.15, -0.1) is 0 Å². The fraction of sp³-hybridized carbons (Fsp3) is 0.420. The molecule has 6 aliphatic rings. The molecular formula is C50H51F3N8O8S. The molecule has 1 unspecified atom stereocenters. The van der Waals surface area contributed by atoms with E-state index < -0.39 is 63.5 Å². The van der Waals surface area contributed by atoms with Crippen molar-refractivity contribution in [3.63, 3.8) is 0 Å². The number of nitrogens with zero attached hydrogens (tertiary/aromatic N) is 5. The average Bonchev–Trinajstić information content (AvgIpc) is 4.07. The number of fused-ring (bicyclic) bond motifs is 2. The van der Waals surface area contributed by atoms with Gasteiger partial charge in [0.1, 0.15) is 35.5 Å². The van der Waals surface area contributed by atoms with Crippen molar-refractivity contribution in [2.45, 2.75) is 75.3 Å². The van der Waals surface area contributed by atoms with Crippen LogP contribution in [-0.4, -0.2) is 132 Å². The van der Waals surface area contributed by atoms with Crippen LogP contribution in [0.2, 0.25) is 0 Å². The number of H-pyrrole nitrogens is 1. The van der Waals surface area contributed by atoms with E-state index in [2.05, 4.69) is 37.2 Å². The number of aromatic amines is 1. The van der Waals surface area contributed by atoms with E-state index in [0.717, 1.165) is 85.1 Å². The summed E-state index contributed by atoms with van der Waals surface area (Å²) in [5.41, 5.74) is 2.56. The minimum atomic E-state index is -4.36. The van der Waals surface area contributed by atoms with Crippen LogP contribution in [0.15, 0.2) is 73.1 Å². The predicted molar refractivity (Wildman–Crippen MR) is 251 cm³/mol. The van der Waals surface area contributed by atoms with Crippen LogP contribution in [0.25, 0.3) is 22.2 Å². The largest absolute Gasteiger partial charge is 0.490 e. The predicted octanol–water partition coefficient (Wildman–Crippen LogP) is 5.73. The second-order valence-corrected chi connectivity index (χ2v) is 21.0. The van der Waals surface area contributed by atoms with E-state index in [1.54, 1.807) is 23.2 Å². The lowest BCUT2D eigenvalue weighted by Gasteiger charge is -2.56. The van der Waals surface area contributed by atoms with Gasteiger partial charge in [0.2, 0.25) is 17.6 Å². The summed E-state index contributed by atoms with van der Waals surface area (Å²) in [5, 5.41) is 2.68. The first kappa shape index (κ1) is 46.1.